The Labute approximate surface area is 112 Å². The lowest BCUT2D eigenvalue weighted by Crippen LogP contribution is -2.18. The molecule has 1 aliphatic rings. The first kappa shape index (κ1) is 12.4. The molecular formula is C15H18FN3. The predicted octanol–water partition coefficient (Wildman–Crippen LogP) is 3.29. The van der Waals surface area contributed by atoms with Gasteiger partial charge in [0.2, 0.25) is 0 Å². The van der Waals surface area contributed by atoms with Gasteiger partial charge in [0.05, 0.1) is 17.9 Å². The molecule has 0 unspecified atom stereocenters. The van der Waals surface area contributed by atoms with Crippen LogP contribution in [0.25, 0.3) is 11.3 Å². The number of aromatic nitrogens is 2. The number of rotatable bonds is 2. The Morgan fingerprint density at radius 1 is 1.42 bits per heavy atom. The van der Waals surface area contributed by atoms with Crippen LogP contribution in [0.3, 0.4) is 0 Å². The van der Waals surface area contributed by atoms with E-state index in [1.165, 1.54) is 6.42 Å². The van der Waals surface area contributed by atoms with E-state index in [4.69, 9.17) is 0 Å². The molecule has 2 aromatic rings. The number of halogens is 1. The van der Waals surface area contributed by atoms with Crippen LogP contribution in [0.1, 0.15) is 30.3 Å². The molecule has 4 heteroatoms. The minimum atomic E-state index is -0.199. The zero-order chi connectivity index (χ0) is 13.4. The lowest BCUT2D eigenvalue weighted by atomic mass is 10.1. The smallest absolute Gasteiger partial charge is 0.132 e. The van der Waals surface area contributed by atoms with Gasteiger partial charge in [0, 0.05) is 5.56 Å². The van der Waals surface area contributed by atoms with E-state index in [9.17, 15) is 4.39 Å². The van der Waals surface area contributed by atoms with Crippen molar-refractivity contribution < 1.29 is 4.39 Å². The third-order valence-corrected chi connectivity index (χ3v) is 3.85. The molecule has 0 bridgehead atoms. The number of aryl methyl sites for hydroxylation is 1. The molecule has 0 spiro atoms. The van der Waals surface area contributed by atoms with Crippen molar-refractivity contribution in [1.29, 1.82) is 0 Å². The van der Waals surface area contributed by atoms with Gasteiger partial charge < -0.3 is 4.98 Å². The van der Waals surface area contributed by atoms with E-state index in [1.54, 1.807) is 18.3 Å². The first-order valence-corrected chi connectivity index (χ1v) is 6.67. The highest BCUT2D eigenvalue weighted by molar-refractivity contribution is 5.59. The second-order valence-electron chi connectivity index (χ2n) is 5.30. The number of hydrogen-bond donors (Lipinski definition) is 1. The molecule has 100 valence electrons. The maximum atomic E-state index is 13.9. The average molecular weight is 259 g/mol. The highest BCUT2D eigenvalue weighted by atomic mass is 19.1. The van der Waals surface area contributed by atoms with Crippen molar-refractivity contribution >= 4 is 0 Å². The number of aromatic amines is 1. The molecule has 19 heavy (non-hydrogen) atoms. The molecule has 1 aliphatic heterocycles. The van der Waals surface area contributed by atoms with E-state index >= 15 is 0 Å². The van der Waals surface area contributed by atoms with Gasteiger partial charge in [-0.2, -0.15) is 0 Å². The van der Waals surface area contributed by atoms with Crippen LogP contribution >= 0.6 is 0 Å². The molecule has 3 nitrogen and oxygen atoms in total. The molecule has 0 radical (unpaired) electrons. The number of benzene rings is 1. The summed E-state index contributed by atoms with van der Waals surface area (Å²) in [5.74, 6) is 0.741. The van der Waals surface area contributed by atoms with Gasteiger partial charge in [-0.15, -0.1) is 0 Å². The number of imidazole rings is 1. The summed E-state index contributed by atoms with van der Waals surface area (Å²) >= 11 is 0. The number of nitrogens with zero attached hydrogens (tertiary/aromatic N) is 2. The van der Waals surface area contributed by atoms with Crippen LogP contribution in [0.4, 0.5) is 4.39 Å². The van der Waals surface area contributed by atoms with E-state index in [0.717, 1.165) is 30.0 Å². The van der Waals surface area contributed by atoms with Crippen molar-refractivity contribution in [2.75, 3.05) is 13.6 Å². The normalized spacial score (nSPS) is 20.1. The van der Waals surface area contributed by atoms with Gasteiger partial charge in [-0.05, 0) is 51.1 Å². The first-order chi connectivity index (χ1) is 9.15. The molecule has 3 rings (SSSR count). The van der Waals surface area contributed by atoms with E-state index in [1.807, 2.05) is 13.0 Å². The molecule has 1 saturated heterocycles. The summed E-state index contributed by atoms with van der Waals surface area (Å²) in [7, 11) is 2.10. The molecule has 0 aliphatic carbocycles. The van der Waals surface area contributed by atoms with Crippen molar-refractivity contribution in [3.05, 3.63) is 41.6 Å². The minimum Gasteiger partial charge on any atom is -0.341 e. The fourth-order valence-electron chi connectivity index (χ4n) is 2.74. The van der Waals surface area contributed by atoms with E-state index in [-0.39, 0.29) is 5.82 Å². The summed E-state index contributed by atoms with van der Waals surface area (Å²) in [6.45, 7) is 2.98. The SMILES string of the molecule is Cc1ccc(-c2cnc([C@@H]3CCCN3C)[nH]2)c(F)c1. The van der Waals surface area contributed by atoms with Crippen LogP contribution in [0.5, 0.6) is 0 Å². The summed E-state index contributed by atoms with van der Waals surface area (Å²) in [5.41, 5.74) is 2.27. The Balaban J connectivity index is 1.92. The third-order valence-electron chi connectivity index (χ3n) is 3.85. The van der Waals surface area contributed by atoms with Gasteiger partial charge in [-0.25, -0.2) is 9.37 Å². The van der Waals surface area contributed by atoms with Crippen LogP contribution in [0.15, 0.2) is 24.4 Å². The summed E-state index contributed by atoms with van der Waals surface area (Å²) in [6.07, 6.45) is 4.03. The molecule has 1 aromatic carbocycles. The van der Waals surface area contributed by atoms with Gasteiger partial charge in [-0.1, -0.05) is 6.07 Å². The van der Waals surface area contributed by atoms with E-state index < -0.39 is 0 Å². The quantitative estimate of drug-likeness (QED) is 0.897. The average Bonchev–Trinajstić information content (AvgIpc) is 2.97. The van der Waals surface area contributed by atoms with Gasteiger partial charge in [0.15, 0.2) is 0 Å². The summed E-state index contributed by atoms with van der Waals surface area (Å²) in [4.78, 5) is 9.98. The van der Waals surface area contributed by atoms with Gasteiger partial charge >= 0.3 is 0 Å². The van der Waals surface area contributed by atoms with Gasteiger partial charge in [0.1, 0.15) is 11.6 Å². The zero-order valence-corrected chi connectivity index (χ0v) is 11.3. The van der Waals surface area contributed by atoms with Crippen LogP contribution in [-0.2, 0) is 0 Å². The fourth-order valence-corrected chi connectivity index (χ4v) is 2.74. The monoisotopic (exact) mass is 259 g/mol. The Morgan fingerprint density at radius 3 is 2.95 bits per heavy atom. The molecule has 1 atom stereocenters. The highest BCUT2D eigenvalue weighted by Gasteiger charge is 2.25. The summed E-state index contributed by atoms with van der Waals surface area (Å²) in [6, 6.07) is 5.61. The topological polar surface area (TPSA) is 31.9 Å². The Morgan fingerprint density at radius 2 is 2.26 bits per heavy atom. The predicted molar refractivity (Wildman–Crippen MR) is 73.3 cm³/mol. The lowest BCUT2D eigenvalue weighted by Gasteiger charge is -2.16. The first-order valence-electron chi connectivity index (χ1n) is 6.67. The van der Waals surface area contributed by atoms with Crippen molar-refractivity contribution in [3.8, 4) is 11.3 Å². The molecule has 0 saturated carbocycles. The maximum absolute atomic E-state index is 13.9. The summed E-state index contributed by atoms with van der Waals surface area (Å²) in [5, 5.41) is 0. The second kappa shape index (κ2) is 4.78. The molecule has 2 heterocycles. The highest BCUT2D eigenvalue weighted by Crippen LogP contribution is 2.30. The van der Waals surface area contributed by atoms with Crippen molar-refractivity contribution in [3.63, 3.8) is 0 Å². The van der Waals surface area contributed by atoms with Crippen LogP contribution in [0, 0.1) is 12.7 Å². The molecule has 1 N–H and O–H groups in total. The van der Waals surface area contributed by atoms with Crippen LogP contribution < -0.4 is 0 Å². The van der Waals surface area contributed by atoms with Gasteiger partial charge in [-0.3, -0.25) is 4.90 Å². The Bertz CT molecular complexity index is 591. The minimum absolute atomic E-state index is 0.199. The van der Waals surface area contributed by atoms with E-state index in [2.05, 4.69) is 21.9 Å². The molecule has 1 fully saturated rings. The second-order valence-corrected chi connectivity index (χ2v) is 5.30. The largest absolute Gasteiger partial charge is 0.341 e. The lowest BCUT2D eigenvalue weighted by molar-refractivity contribution is 0.307. The molecule has 1 aromatic heterocycles. The Hall–Kier alpha value is -1.68. The van der Waals surface area contributed by atoms with Crippen LogP contribution in [-0.4, -0.2) is 28.5 Å². The zero-order valence-electron chi connectivity index (χ0n) is 11.3. The van der Waals surface area contributed by atoms with Crippen molar-refractivity contribution in [2.24, 2.45) is 0 Å². The number of hydrogen-bond acceptors (Lipinski definition) is 2. The number of likely N-dealkylation sites (tertiary alicyclic amines) is 1. The Kier molecular flexibility index (Phi) is 3.11. The van der Waals surface area contributed by atoms with Crippen molar-refractivity contribution in [2.45, 2.75) is 25.8 Å². The van der Waals surface area contributed by atoms with Gasteiger partial charge in [0.25, 0.3) is 0 Å². The summed E-state index contributed by atoms with van der Waals surface area (Å²) < 4.78 is 13.9. The molecular weight excluding hydrogens is 241 g/mol. The third kappa shape index (κ3) is 2.28. The number of nitrogens with one attached hydrogen (secondary N) is 1. The van der Waals surface area contributed by atoms with Crippen molar-refractivity contribution in [1.82, 2.24) is 14.9 Å². The van der Waals surface area contributed by atoms with E-state index in [0.29, 0.717) is 11.6 Å². The molecule has 0 amide bonds. The standard InChI is InChI=1S/C15H18FN3/c1-10-5-6-11(12(16)8-10)13-9-17-15(18-13)14-4-3-7-19(14)2/h5-6,8-9,14H,3-4,7H2,1-2H3,(H,17,18)/t14-/m0/s1. The number of H-pyrrole nitrogens is 1. The fraction of sp³-hybridized carbons (Fsp3) is 0.400. The maximum Gasteiger partial charge on any atom is 0.132 e. The van der Waals surface area contributed by atoms with Crippen LogP contribution in [0.2, 0.25) is 0 Å².